The van der Waals surface area contributed by atoms with Gasteiger partial charge in [-0.3, -0.25) is 9.69 Å². The summed E-state index contributed by atoms with van der Waals surface area (Å²) < 4.78 is 2.04. The van der Waals surface area contributed by atoms with Gasteiger partial charge in [0.25, 0.3) is 5.91 Å². The van der Waals surface area contributed by atoms with Gasteiger partial charge in [-0.1, -0.05) is 62.2 Å². The molecule has 1 aromatic heterocycles. The third-order valence-corrected chi connectivity index (χ3v) is 7.31. The average Bonchev–Trinajstić information content (AvgIpc) is 3.41. The molecule has 36 heavy (non-hydrogen) atoms. The van der Waals surface area contributed by atoms with Gasteiger partial charge in [-0.25, -0.2) is 4.99 Å². The molecule has 4 aromatic rings. The fourth-order valence-corrected chi connectivity index (χ4v) is 5.33. The molecule has 178 valence electrons. The molecule has 0 radical (unpaired) electrons. The van der Waals surface area contributed by atoms with Crippen LogP contribution < -0.4 is 4.90 Å². The van der Waals surface area contributed by atoms with Gasteiger partial charge in [0.1, 0.15) is 0 Å². The number of aliphatic imine (C=N–C) groups is 1. The van der Waals surface area contributed by atoms with Crippen LogP contribution in [0.5, 0.6) is 0 Å². The maximum Gasteiger partial charge on any atom is 0.271 e. The van der Waals surface area contributed by atoms with Gasteiger partial charge in [0.2, 0.25) is 0 Å². The number of benzene rings is 3. The van der Waals surface area contributed by atoms with Crippen molar-refractivity contribution in [1.29, 1.82) is 0 Å². The largest absolute Gasteiger partial charge is 0.335 e. The highest BCUT2D eigenvalue weighted by Crippen LogP contribution is 2.38. The lowest BCUT2D eigenvalue weighted by Gasteiger charge is -2.16. The van der Waals surface area contributed by atoms with Gasteiger partial charge >= 0.3 is 0 Å². The van der Waals surface area contributed by atoms with Gasteiger partial charge in [0.15, 0.2) is 5.17 Å². The summed E-state index contributed by atoms with van der Waals surface area (Å²) in [6.07, 6.45) is 11.5. The molecule has 1 amide bonds. The van der Waals surface area contributed by atoms with Crippen LogP contribution in [0.25, 0.3) is 17.0 Å². The molecule has 0 aliphatic carbocycles. The quantitative estimate of drug-likeness (QED) is 0.212. The number of thioether (sulfide) groups is 1. The standard InChI is InChI=1S/C31H27N3OS/c1-4-19-33-21-24(27-9-7-8-10-28(27)33)20-29-30(35)34(26-17-13-23(6-3)14-18-26)31(36-29)32-25-15-11-22(5-2)12-16-25/h1,7-18,20-21H,5-6,19H2,2-3H3/b29-20-,32-31?. The highest BCUT2D eigenvalue weighted by Gasteiger charge is 2.35. The predicted molar refractivity (Wildman–Crippen MR) is 153 cm³/mol. The van der Waals surface area contributed by atoms with Crippen LogP contribution in [-0.4, -0.2) is 15.6 Å². The number of para-hydroxylation sites is 1. The molecule has 1 saturated heterocycles. The van der Waals surface area contributed by atoms with Crippen molar-refractivity contribution in [3.05, 3.63) is 101 Å². The van der Waals surface area contributed by atoms with Gasteiger partial charge in [-0.2, -0.15) is 0 Å². The van der Waals surface area contributed by atoms with Crippen LogP contribution in [0.1, 0.15) is 30.5 Å². The molecule has 0 spiro atoms. The van der Waals surface area contributed by atoms with E-state index in [0.717, 1.165) is 40.7 Å². The third-order valence-electron chi connectivity index (χ3n) is 6.35. The Morgan fingerprint density at radius 2 is 1.61 bits per heavy atom. The van der Waals surface area contributed by atoms with E-state index in [1.807, 2.05) is 59.3 Å². The number of aromatic nitrogens is 1. The smallest absolute Gasteiger partial charge is 0.271 e. The van der Waals surface area contributed by atoms with Crippen LogP contribution in [0.3, 0.4) is 0 Å². The van der Waals surface area contributed by atoms with E-state index in [0.29, 0.717) is 16.6 Å². The van der Waals surface area contributed by atoms with Crippen molar-refractivity contribution < 1.29 is 4.79 Å². The Hall–Kier alpha value is -4.01. The zero-order valence-corrected chi connectivity index (χ0v) is 21.3. The van der Waals surface area contributed by atoms with Crippen molar-refractivity contribution in [1.82, 2.24) is 4.57 Å². The second-order valence-electron chi connectivity index (χ2n) is 8.62. The maximum atomic E-state index is 13.8. The van der Waals surface area contributed by atoms with Crippen LogP contribution in [0.4, 0.5) is 11.4 Å². The SMILES string of the molecule is C#CCn1cc(/C=C2\SC(=Nc3ccc(CC)cc3)N(c3ccc(CC)cc3)C2=O)c2ccccc21. The number of terminal acetylenes is 1. The zero-order chi connectivity index (χ0) is 25.1. The van der Waals surface area contributed by atoms with Crippen molar-refractivity contribution in [2.75, 3.05) is 4.90 Å². The summed E-state index contributed by atoms with van der Waals surface area (Å²) in [5, 5.41) is 1.71. The Balaban J connectivity index is 1.59. The van der Waals surface area contributed by atoms with Gasteiger partial charge in [0.05, 0.1) is 22.8 Å². The zero-order valence-electron chi connectivity index (χ0n) is 20.4. The Kier molecular flexibility index (Phi) is 6.79. The minimum absolute atomic E-state index is 0.0815. The first kappa shape index (κ1) is 23.7. The van der Waals surface area contributed by atoms with Crippen LogP contribution in [0, 0.1) is 12.3 Å². The molecule has 3 aromatic carbocycles. The van der Waals surface area contributed by atoms with E-state index in [1.54, 1.807) is 4.90 Å². The van der Waals surface area contributed by atoms with Crippen molar-refractivity contribution in [2.45, 2.75) is 33.2 Å². The Morgan fingerprint density at radius 3 is 2.28 bits per heavy atom. The molecule has 0 N–H and O–H groups in total. The van der Waals surface area contributed by atoms with E-state index in [-0.39, 0.29) is 5.91 Å². The molecule has 0 atom stereocenters. The minimum atomic E-state index is -0.0815. The number of amides is 1. The summed E-state index contributed by atoms with van der Waals surface area (Å²) in [5.41, 5.74) is 6.13. The van der Waals surface area contributed by atoms with E-state index >= 15 is 0 Å². The Bertz CT molecular complexity index is 1520. The summed E-state index contributed by atoms with van der Waals surface area (Å²) >= 11 is 1.40. The van der Waals surface area contributed by atoms with Crippen LogP contribution in [-0.2, 0) is 24.2 Å². The lowest BCUT2D eigenvalue weighted by Crippen LogP contribution is -2.28. The second-order valence-corrected chi connectivity index (χ2v) is 9.63. The number of carbonyl (C=O) groups is 1. The summed E-state index contributed by atoms with van der Waals surface area (Å²) in [7, 11) is 0. The highest BCUT2D eigenvalue weighted by molar-refractivity contribution is 8.19. The first-order valence-corrected chi connectivity index (χ1v) is 12.9. The van der Waals surface area contributed by atoms with E-state index in [4.69, 9.17) is 11.4 Å². The summed E-state index contributed by atoms with van der Waals surface area (Å²) in [5.74, 6) is 2.63. The molecule has 1 aliphatic rings. The molecule has 1 fully saturated rings. The number of rotatable bonds is 6. The molecule has 5 heteroatoms. The molecular weight excluding hydrogens is 462 g/mol. The van der Waals surface area contributed by atoms with E-state index in [9.17, 15) is 4.79 Å². The Morgan fingerprint density at radius 1 is 0.944 bits per heavy atom. The lowest BCUT2D eigenvalue weighted by molar-refractivity contribution is -0.113. The van der Waals surface area contributed by atoms with Gasteiger partial charge in [0, 0.05) is 22.7 Å². The van der Waals surface area contributed by atoms with Crippen molar-refractivity contribution in [2.24, 2.45) is 4.99 Å². The molecule has 0 unspecified atom stereocenters. The second kappa shape index (κ2) is 10.3. The van der Waals surface area contributed by atoms with Gasteiger partial charge in [-0.05, 0) is 72.1 Å². The average molecular weight is 490 g/mol. The van der Waals surface area contributed by atoms with Crippen molar-refractivity contribution in [3.63, 3.8) is 0 Å². The first-order chi connectivity index (χ1) is 17.6. The molecule has 4 nitrogen and oxygen atoms in total. The fourth-order valence-electron chi connectivity index (χ4n) is 4.33. The number of anilines is 1. The summed E-state index contributed by atoms with van der Waals surface area (Å²) in [4.78, 5) is 21.0. The third kappa shape index (κ3) is 4.60. The normalized spacial score (nSPS) is 15.8. The van der Waals surface area contributed by atoms with Crippen molar-refractivity contribution in [3.8, 4) is 12.3 Å². The molecule has 5 rings (SSSR count). The summed E-state index contributed by atoms with van der Waals surface area (Å²) in [6, 6.07) is 24.4. The highest BCUT2D eigenvalue weighted by atomic mass is 32.2. The monoisotopic (exact) mass is 489 g/mol. The fraction of sp³-hybridized carbons (Fsp3) is 0.161. The number of amidine groups is 1. The molecule has 1 aliphatic heterocycles. The Labute approximate surface area is 216 Å². The van der Waals surface area contributed by atoms with E-state index < -0.39 is 0 Å². The minimum Gasteiger partial charge on any atom is -0.335 e. The number of hydrogen-bond donors (Lipinski definition) is 0. The van der Waals surface area contributed by atoms with E-state index in [2.05, 4.69) is 50.1 Å². The van der Waals surface area contributed by atoms with Crippen LogP contribution >= 0.6 is 11.8 Å². The van der Waals surface area contributed by atoms with Crippen LogP contribution in [0.15, 0.2) is 88.9 Å². The number of aryl methyl sites for hydroxylation is 2. The number of carbonyl (C=O) groups excluding carboxylic acids is 1. The lowest BCUT2D eigenvalue weighted by atomic mass is 10.1. The number of nitrogens with zero attached hydrogens (tertiary/aromatic N) is 3. The maximum absolute atomic E-state index is 13.8. The molecule has 0 saturated carbocycles. The van der Waals surface area contributed by atoms with Gasteiger partial charge < -0.3 is 4.57 Å². The first-order valence-electron chi connectivity index (χ1n) is 12.1. The predicted octanol–water partition coefficient (Wildman–Crippen LogP) is 7.21. The number of hydrogen-bond acceptors (Lipinski definition) is 3. The topological polar surface area (TPSA) is 37.6 Å². The van der Waals surface area contributed by atoms with Gasteiger partial charge in [-0.15, -0.1) is 6.42 Å². The number of fused-ring (bicyclic) bond motifs is 1. The summed E-state index contributed by atoms with van der Waals surface area (Å²) in [6.45, 7) is 4.73. The molecule has 2 heterocycles. The molecular formula is C31H27N3OS. The van der Waals surface area contributed by atoms with Crippen LogP contribution in [0.2, 0.25) is 0 Å². The molecule has 0 bridgehead atoms. The van der Waals surface area contributed by atoms with E-state index in [1.165, 1.54) is 22.9 Å². The van der Waals surface area contributed by atoms with Crippen molar-refractivity contribution >= 4 is 51.2 Å².